The monoisotopic (exact) mass is 227 g/mol. The maximum absolute atomic E-state index is 4.34. The van der Waals surface area contributed by atoms with Gasteiger partial charge in [0.2, 0.25) is 0 Å². The zero-order valence-electron chi connectivity index (χ0n) is 10.0. The van der Waals surface area contributed by atoms with Gasteiger partial charge in [-0.05, 0) is 37.1 Å². The van der Waals surface area contributed by atoms with Gasteiger partial charge in [0.1, 0.15) is 5.65 Å². The number of fused-ring (bicyclic) bond motifs is 1. The first kappa shape index (κ1) is 10.5. The Balaban J connectivity index is 2.03. The summed E-state index contributed by atoms with van der Waals surface area (Å²) >= 11 is 0. The van der Waals surface area contributed by atoms with Crippen molar-refractivity contribution in [1.29, 1.82) is 0 Å². The van der Waals surface area contributed by atoms with Crippen molar-refractivity contribution in [2.24, 2.45) is 0 Å². The molecule has 0 amide bonds. The second-order valence-electron chi connectivity index (χ2n) is 4.45. The first-order valence-electron chi connectivity index (χ1n) is 6.26. The van der Waals surface area contributed by atoms with Gasteiger partial charge in [0, 0.05) is 29.4 Å². The molecule has 3 rings (SSSR count). The molecule has 1 aliphatic carbocycles. The van der Waals surface area contributed by atoms with Crippen LogP contribution >= 0.6 is 0 Å². The number of nitrogens with one attached hydrogen (secondary N) is 2. The third-order valence-electron chi connectivity index (χ3n) is 3.41. The van der Waals surface area contributed by atoms with Gasteiger partial charge in [-0.25, -0.2) is 4.98 Å². The number of allylic oxidation sites excluding steroid dienone is 1. The van der Waals surface area contributed by atoms with Gasteiger partial charge in [0.15, 0.2) is 0 Å². The molecule has 1 atom stereocenters. The minimum atomic E-state index is 0.499. The molecule has 0 aliphatic heterocycles. The maximum Gasteiger partial charge on any atom is 0.137 e. The first-order valence-corrected chi connectivity index (χ1v) is 6.26. The Bertz CT molecular complexity index is 553. The number of likely N-dealkylation sites (N-methyl/N-ethyl adjacent to an activating group) is 1. The minimum Gasteiger partial charge on any atom is -0.346 e. The zero-order chi connectivity index (χ0) is 11.7. The lowest BCUT2D eigenvalue weighted by Gasteiger charge is -2.15. The molecular weight excluding hydrogens is 210 g/mol. The van der Waals surface area contributed by atoms with Crippen LogP contribution in [0.1, 0.15) is 25.3 Å². The van der Waals surface area contributed by atoms with Crippen LogP contribution in [-0.4, -0.2) is 22.6 Å². The van der Waals surface area contributed by atoms with Crippen molar-refractivity contribution in [1.82, 2.24) is 15.3 Å². The largest absolute Gasteiger partial charge is 0.346 e. The predicted molar refractivity (Wildman–Crippen MR) is 70.8 cm³/mol. The molecule has 0 spiro atoms. The molecule has 2 aromatic heterocycles. The third-order valence-corrected chi connectivity index (χ3v) is 3.41. The van der Waals surface area contributed by atoms with Crippen molar-refractivity contribution in [3.8, 4) is 0 Å². The van der Waals surface area contributed by atoms with Crippen LogP contribution in [0.3, 0.4) is 0 Å². The molecule has 0 bridgehead atoms. The minimum absolute atomic E-state index is 0.499. The van der Waals surface area contributed by atoms with Gasteiger partial charge in [-0.1, -0.05) is 13.0 Å². The van der Waals surface area contributed by atoms with Gasteiger partial charge in [-0.15, -0.1) is 0 Å². The van der Waals surface area contributed by atoms with Crippen LogP contribution in [0.15, 0.2) is 30.6 Å². The number of aromatic amines is 1. The summed E-state index contributed by atoms with van der Waals surface area (Å²) in [6, 6.07) is 4.63. The normalized spacial score (nSPS) is 19.8. The number of hydrogen-bond acceptors (Lipinski definition) is 2. The van der Waals surface area contributed by atoms with Gasteiger partial charge >= 0.3 is 0 Å². The fourth-order valence-corrected chi connectivity index (χ4v) is 2.65. The lowest BCUT2D eigenvalue weighted by atomic mass is 10.0. The molecule has 2 heterocycles. The highest BCUT2D eigenvalue weighted by molar-refractivity contribution is 5.92. The van der Waals surface area contributed by atoms with E-state index in [1.807, 2.05) is 12.3 Å². The molecule has 0 fully saturated rings. The topological polar surface area (TPSA) is 40.7 Å². The van der Waals surface area contributed by atoms with Crippen molar-refractivity contribution < 1.29 is 0 Å². The van der Waals surface area contributed by atoms with Crippen molar-refractivity contribution in [2.75, 3.05) is 6.54 Å². The molecule has 1 aliphatic rings. The molecule has 0 radical (unpaired) electrons. The molecule has 3 heteroatoms. The standard InChI is InChI=1S/C14H17N3/c1-2-15-13-7-3-5-10(13)12-9-17-14-11(12)6-4-8-16-14/h4-6,8-9,13,15H,2-3,7H2,1H3,(H,16,17)/t13-/m0/s1. The smallest absolute Gasteiger partial charge is 0.137 e. The second kappa shape index (κ2) is 4.34. The highest BCUT2D eigenvalue weighted by Gasteiger charge is 2.21. The number of hydrogen-bond donors (Lipinski definition) is 2. The Morgan fingerprint density at radius 2 is 2.47 bits per heavy atom. The molecule has 0 aromatic carbocycles. The van der Waals surface area contributed by atoms with E-state index in [0.717, 1.165) is 12.2 Å². The van der Waals surface area contributed by atoms with E-state index in [2.05, 4.69) is 40.5 Å². The van der Waals surface area contributed by atoms with Crippen LogP contribution in [0.4, 0.5) is 0 Å². The van der Waals surface area contributed by atoms with E-state index >= 15 is 0 Å². The second-order valence-corrected chi connectivity index (χ2v) is 4.45. The quantitative estimate of drug-likeness (QED) is 0.846. The summed E-state index contributed by atoms with van der Waals surface area (Å²) in [5.74, 6) is 0. The number of pyridine rings is 1. The Labute approximate surface area is 101 Å². The maximum atomic E-state index is 4.34. The lowest BCUT2D eigenvalue weighted by molar-refractivity contribution is 0.614. The Kier molecular flexibility index (Phi) is 2.69. The molecule has 0 unspecified atom stereocenters. The van der Waals surface area contributed by atoms with Crippen LogP contribution in [0, 0.1) is 0 Å². The summed E-state index contributed by atoms with van der Waals surface area (Å²) in [6.07, 6.45) is 8.63. The van der Waals surface area contributed by atoms with E-state index in [-0.39, 0.29) is 0 Å². The van der Waals surface area contributed by atoms with Gasteiger partial charge in [0.05, 0.1) is 0 Å². The van der Waals surface area contributed by atoms with Gasteiger partial charge in [-0.2, -0.15) is 0 Å². The lowest BCUT2D eigenvalue weighted by Crippen LogP contribution is -2.27. The van der Waals surface area contributed by atoms with E-state index in [1.54, 1.807) is 0 Å². The van der Waals surface area contributed by atoms with Crippen molar-refractivity contribution in [2.45, 2.75) is 25.8 Å². The van der Waals surface area contributed by atoms with Crippen molar-refractivity contribution in [3.05, 3.63) is 36.2 Å². The summed E-state index contributed by atoms with van der Waals surface area (Å²) in [5, 5.41) is 4.77. The highest BCUT2D eigenvalue weighted by atomic mass is 14.9. The number of nitrogens with zero attached hydrogens (tertiary/aromatic N) is 1. The molecule has 0 saturated carbocycles. The van der Waals surface area contributed by atoms with Gasteiger partial charge in [-0.3, -0.25) is 0 Å². The summed E-state index contributed by atoms with van der Waals surface area (Å²) in [5.41, 5.74) is 3.70. The van der Waals surface area contributed by atoms with Crippen LogP contribution in [0.25, 0.3) is 16.6 Å². The average molecular weight is 227 g/mol. The van der Waals surface area contributed by atoms with E-state index in [1.165, 1.54) is 29.4 Å². The van der Waals surface area contributed by atoms with E-state index in [9.17, 15) is 0 Å². The Hall–Kier alpha value is -1.61. The third kappa shape index (κ3) is 1.76. The molecule has 2 N–H and O–H groups in total. The average Bonchev–Trinajstić information content (AvgIpc) is 2.95. The summed E-state index contributed by atoms with van der Waals surface area (Å²) in [6.45, 7) is 3.18. The first-order chi connectivity index (χ1) is 8.40. The van der Waals surface area contributed by atoms with Crippen LogP contribution in [0.2, 0.25) is 0 Å². The van der Waals surface area contributed by atoms with Crippen LogP contribution in [0.5, 0.6) is 0 Å². The summed E-state index contributed by atoms with van der Waals surface area (Å²) in [4.78, 5) is 7.59. The van der Waals surface area contributed by atoms with E-state index < -0.39 is 0 Å². The zero-order valence-corrected chi connectivity index (χ0v) is 10.0. The van der Waals surface area contributed by atoms with E-state index in [4.69, 9.17) is 0 Å². The molecular formula is C14H17N3. The number of aromatic nitrogens is 2. The fourth-order valence-electron chi connectivity index (χ4n) is 2.65. The van der Waals surface area contributed by atoms with Gasteiger partial charge < -0.3 is 10.3 Å². The van der Waals surface area contributed by atoms with Crippen LogP contribution in [-0.2, 0) is 0 Å². The van der Waals surface area contributed by atoms with Crippen LogP contribution < -0.4 is 5.32 Å². The predicted octanol–water partition coefficient (Wildman–Crippen LogP) is 2.72. The Morgan fingerprint density at radius 3 is 3.35 bits per heavy atom. The SMILES string of the molecule is CCN[C@H]1CCC=C1c1c[nH]c2ncccc12. The Morgan fingerprint density at radius 1 is 1.53 bits per heavy atom. The summed E-state index contributed by atoms with van der Waals surface area (Å²) < 4.78 is 0. The fraction of sp³-hybridized carbons (Fsp3) is 0.357. The molecule has 3 nitrogen and oxygen atoms in total. The molecule has 2 aromatic rings. The number of rotatable bonds is 3. The number of H-pyrrole nitrogens is 1. The molecule has 17 heavy (non-hydrogen) atoms. The molecule has 88 valence electrons. The van der Waals surface area contributed by atoms with Crippen molar-refractivity contribution >= 4 is 16.6 Å². The van der Waals surface area contributed by atoms with Gasteiger partial charge in [0.25, 0.3) is 0 Å². The van der Waals surface area contributed by atoms with Crippen molar-refractivity contribution in [3.63, 3.8) is 0 Å². The summed E-state index contributed by atoms with van der Waals surface area (Å²) in [7, 11) is 0. The molecule has 0 saturated heterocycles. The highest BCUT2D eigenvalue weighted by Crippen LogP contribution is 2.32. The van der Waals surface area contributed by atoms with E-state index in [0.29, 0.717) is 6.04 Å².